The largest absolute Gasteiger partial charge is 0.493 e. The first-order valence-corrected chi connectivity index (χ1v) is 7.81. The molecule has 0 saturated carbocycles. The molecule has 2 aliphatic heterocycles. The molecule has 1 unspecified atom stereocenters. The molecule has 0 aliphatic carbocycles. The Morgan fingerprint density at radius 2 is 2.33 bits per heavy atom. The quantitative estimate of drug-likeness (QED) is 0.787. The minimum absolute atomic E-state index is 0.660. The monoisotopic (exact) mass is 329 g/mol. The lowest BCUT2D eigenvalue weighted by Crippen LogP contribution is -2.20. The van der Waals surface area contributed by atoms with E-state index in [1.807, 2.05) is 0 Å². The van der Waals surface area contributed by atoms with E-state index < -0.39 is 0 Å². The molecule has 0 bridgehead atoms. The fourth-order valence-corrected chi connectivity index (χ4v) is 3.69. The highest BCUT2D eigenvalue weighted by Crippen LogP contribution is 2.34. The molecule has 1 fully saturated rings. The first kappa shape index (κ1) is 12.8. The van der Waals surface area contributed by atoms with E-state index in [4.69, 9.17) is 16.3 Å². The molecule has 0 amide bonds. The van der Waals surface area contributed by atoms with Gasteiger partial charge in [-0.15, -0.1) is 11.6 Å². The molecule has 2 heterocycles. The van der Waals surface area contributed by atoms with Gasteiger partial charge in [0.2, 0.25) is 0 Å². The molecule has 4 heteroatoms. The maximum atomic E-state index is 5.94. The number of ether oxygens (including phenoxy) is 1. The molecule has 1 saturated heterocycles. The molecule has 2 nitrogen and oxygen atoms in total. The number of fused-ring (bicyclic) bond motifs is 1. The van der Waals surface area contributed by atoms with E-state index in [2.05, 4.69) is 33.0 Å². The molecule has 0 aromatic heterocycles. The molecule has 1 aromatic rings. The highest BCUT2D eigenvalue weighted by atomic mass is 79.9. The van der Waals surface area contributed by atoms with E-state index in [1.165, 1.54) is 17.5 Å². The Morgan fingerprint density at radius 1 is 1.44 bits per heavy atom. The van der Waals surface area contributed by atoms with Crippen molar-refractivity contribution in [2.24, 2.45) is 5.92 Å². The van der Waals surface area contributed by atoms with Gasteiger partial charge in [0, 0.05) is 35.4 Å². The normalized spacial score (nSPS) is 23.1. The van der Waals surface area contributed by atoms with Gasteiger partial charge in [-0.05, 0) is 36.6 Å². The van der Waals surface area contributed by atoms with Crippen LogP contribution in [0, 0.1) is 5.92 Å². The second-order valence-corrected chi connectivity index (χ2v) is 6.42. The molecule has 18 heavy (non-hydrogen) atoms. The molecular weight excluding hydrogens is 314 g/mol. The molecule has 1 aromatic carbocycles. The average molecular weight is 331 g/mol. The van der Waals surface area contributed by atoms with Crippen LogP contribution in [0.15, 0.2) is 16.6 Å². The van der Waals surface area contributed by atoms with Crippen LogP contribution in [0.2, 0.25) is 0 Å². The molecule has 98 valence electrons. The van der Waals surface area contributed by atoms with Crippen molar-refractivity contribution in [3.8, 4) is 5.75 Å². The van der Waals surface area contributed by atoms with Crippen molar-refractivity contribution in [2.75, 3.05) is 25.6 Å². The van der Waals surface area contributed by atoms with Crippen molar-refractivity contribution >= 4 is 27.5 Å². The van der Waals surface area contributed by atoms with Crippen molar-refractivity contribution in [1.29, 1.82) is 0 Å². The molecule has 1 atom stereocenters. The maximum absolute atomic E-state index is 5.94. The van der Waals surface area contributed by atoms with Gasteiger partial charge >= 0.3 is 0 Å². The van der Waals surface area contributed by atoms with Crippen LogP contribution in [0.1, 0.15) is 17.5 Å². The van der Waals surface area contributed by atoms with Crippen LogP contribution in [0.4, 0.5) is 0 Å². The zero-order valence-electron chi connectivity index (χ0n) is 10.3. The number of likely N-dealkylation sites (tertiary alicyclic amines) is 1. The van der Waals surface area contributed by atoms with Gasteiger partial charge in [0.15, 0.2) is 0 Å². The van der Waals surface area contributed by atoms with Crippen LogP contribution in [0.5, 0.6) is 5.75 Å². The fraction of sp³-hybridized carbons (Fsp3) is 0.571. The Labute approximate surface area is 121 Å². The minimum Gasteiger partial charge on any atom is -0.493 e. The van der Waals surface area contributed by atoms with Gasteiger partial charge in [-0.1, -0.05) is 15.9 Å². The van der Waals surface area contributed by atoms with Crippen molar-refractivity contribution in [1.82, 2.24) is 4.90 Å². The molecular formula is C14H17BrClNO. The van der Waals surface area contributed by atoms with Crippen LogP contribution < -0.4 is 4.74 Å². The fourth-order valence-electron chi connectivity index (χ4n) is 2.89. The number of nitrogens with zero attached hydrogens (tertiary/aromatic N) is 1. The van der Waals surface area contributed by atoms with E-state index in [9.17, 15) is 0 Å². The molecule has 0 spiro atoms. The lowest BCUT2D eigenvalue weighted by molar-refractivity contribution is 0.305. The third-order valence-corrected chi connectivity index (χ3v) is 4.70. The van der Waals surface area contributed by atoms with E-state index in [1.54, 1.807) is 0 Å². The summed E-state index contributed by atoms with van der Waals surface area (Å²) in [6, 6.07) is 4.37. The van der Waals surface area contributed by atoms with Crippen LogP contribution in [-0.2, 0) is 13.0 Å². The average Bonchev–Trinajstić information content (AvgIpc) is 2.97. The van der Waals surface area contributed by atoms with E-state index in [-0.39, 0.29) is 0 Å². The van der Waals surface area contributed by atoms with Crippen molar-refractivity contribution in [2.45, 2.75) is 19.4 Å². The summed E-state index contributed by atoms with van der Waals surface area (Å²) in [6.07, 6.45) is 2.26. The summed E-state index contributed by atoms with van der Waals surface area (Å²) in [7, 11) is 0. The van der Waals surface area contributed by atoms with E-state index >= 15 is 0 Å². The molecule has 0 radical (unpaired) electrons. The molecule has 2 aliphatic rings. The summed E-state index contributed by atoms with van der Waals surface area (Å²) in [5.74, 6) is 2.56. The van der Waals surface area contributed by atoms with Gasteiger partial charge in [-0.25, -0.2) is 0 Å². The summed E-state index contributed by atoms with van der Waals surface area (Å²) in [5.41, 5.74) is 2.65. The predicted molar refractivity (Wildman–Crippen MR) is 77.4 cm³/mol. The van der Waals surface area contributed by atoms with Gasteiger partial charge in [-0.2, -0.15) is 0 Å². The van der Waals surface area contributed by atoms with Gasteiger partial charge in [-0.3, -0.25) is 4.90 Å². The van der Waals surface area contributed by atoms with Gasteiger partial charge < -0.3 is 4.74 Å². The second kappa shape index (κ2) is 5.40. The highest BCUT2D eigenvalue weighted by molar-refractivity contribution is 9.10. The predicted octanol–water partition coefficient (Wildman–Crippen LogP) is 3.44. The second-order valence-electron chi connectivity index (χ2n) is 5.20. The number of hydrogen-bond donors (Lipinski definition) is 0. The summed E-state index contributed by atoms with van der Waals surface area (Å²) < 4.78 is 6.94. The number of rotatable bonds is 3. The van der Waals surface area contributed by atoms with Crippen LogP contribution >= 0.6 is 27.5 Å². The third kappa shape index (κ3) is 2.54. The Morgan fingerprint density at radius 3 is 3.11 bits per heavy atom. The Balaban J connectivity index is 1.77. The first-order chi connectivity index (χ1) is 8.76. The number of halogens is 2. The van der Waals surface area contributed by atoms with Crippen LogP contribution in [-0.4, -0.2) is 30.5 Å². The Bertz CT molecular complexity index is 452. The molecule has 0 N–H and O–H groups in total. The zero-order valence-corrected chi connectivity index (χ0v) is 12.6. The van der Waals surface area contributed by atoms with Crippen LogP contribution in [0.3, 0.4) is 0 Å². The van der Waals surface area contributed by atoms with Crippen molar-refractivity contribution < 1.29 is 4.74 Å². The molecule has 3 rings (SSSR count). The zero-order chi connectivity index (χ0) is 12.5. The highest BCUT2D eigenvalue weighted by Gasteiger charge is 2.24. The van der Waals surface area contributed by atoms with Crippen molar-refractivity contribution in [3.63, 3.8) is 0 Å². The van der Waals surface area contributed by atoms with E-state index in [0.29, 0.717) is 5.92 Å². The van der Waals surface area contributed by atoms with Crippen molar-refractivity contribution in [3.05, 3.63) is 27.7 Å². The smallest absolute Gasteiger partial charge is 0.127 e. The van der Waals surface area contributed by atoms with Gasteiger partial charge in [0.05, 0.1) is 6.61 Å². The van der Waals surface area contributed by atoms with Crippen LogP contribution in [0.25, 0.3) is 0 Å². The number of alkyl halides is 1. The Hall–Kier alpha value is -0.250. The summed E-state index contributed by atoms with van der Waals surface area (Å²) in [4.78, 5) is 2.48. The lowest BCUT2D eigenvalue weighted by Gasteiger charge is -2.18. The summed E-state index contributed by atoms with van der Waals surface area (Å²) in [6.45, 7) is 4.07. The first-order valence-electron chi connectivity index (χ1n) is 6.48. The number of benzene rings is 1. The van der Waals surface area contributed by atoms with Gasteiger partial charge in [0.1, 0.15) is 5.75 Å². The Kier molecular flexibility index (Phi) is 3.83. The van der Waals surface area contributed by atoms with Gasteiger partial charge in [0.25, 0.3) is 0 Å². The standard InChI is InChI=1S/C14H17BrClNO/c15-13-5-11-2-4-18-14(11)12(6-13)9-17-3-1-10(7-16)8-17/h5-6,10H,1-4,7-9H2. The minimum atomic E-state index is 0.660. The topological polar surface area (TPSA) is 12.5 Å². The maximum Gasteiger partial charge on any atom is 0.127 e. The van der Waals surface area contributed by atoms with E-state index in [0.717, 1.165) is 48.8 Å². The summed E-state index contributed by atoms with van der Waals surface area (Å²) in [5, 5.41) is 0. The summed E-state index contributed by atoms with van der Waals surface area (Å²) >= 11 is 9.53. The lowest BCUT2D eigenvalue weighted by atomic mass is 10.1. The SMILES string of the molecule is ClCC1CCN(Cc2cc(Br)cc3c2OCC3)C1. The third-order valence-electron chi connectivity index (χ3n) is 3.81. The number of hydrogen-bond acceptors (Lipinski definition) is 2.